The maximum Gasteiger partial charge on any atom is 0.268 e. The molecule has 62 heavy (non-hydrogen) atoms. The zero-order chi connectivity index (χ0) is 43.8. The number of aliphatic hydroxyl groups is 1. The summed E-state index contributed by atoms with van der Waals surface area (Å²) in [5, 5.41) is 19.8. The number of benzene rings is 4. The number of rotatable bonds is 15. The molecule has 0 radical (unpaired) electrons. The van der Waals surface area contributed by atoms with Gasteiger partial charge < -0.3 is 14.6 Å². The minimum Gasteiger partial charge on any atom is -0.454 e. The highest BCUT2D eigenvalue weighted by molar-refractivity contribution is 9.10. The van der Waals surface area contributed by atoms with Gasteiger partial charge in [-0.1, -0.05) is 60.1 Å². The molecule has 0 saturated carbocycles. The lowest BCUT2D eigenvalue weighted by atomic mass is 9.72. The molecule has 8 rings (SSSR count). The molecule has 15 heteroatoms. The van der Waals surface area contributed by atoms with E-state index >= 15 is 8.78 Å². The number of fused-ring (bicyclic) bond motifs is 1. The summed E-state index contributed by atoms with van der Waals surface area (Å²) >= 11 is 3.62. The van der Waals surface area contributed by atoms with E-state index in [-0.39, 0.29) is 58.0 Å². The number of nitrogens with zero attached hydrogens (tertiary/aromatic N) is 6. The Labute approximate surface area is 368 Å². The largest absolute Gasteiger partial charge is 0.454 e. The predicted molar refractivity (Wildman–Crippen MR) is 237 cm³/mol. The normalized spacial score (nSPS) is 15.8. The minimum absolute atomic E-state index is 0.0549. The third-order valence-electron chi connectivity index (χ3n) is 11.9. The highest BCUT2D eigenvalue weighted by Gasteiger charge is 2.36. The van der Waals surface area contributed by atoms with Gasteiger partial charge in [-0.05, 0) is 111 Å². The SMILES string of the molecule is Cn1nc(C(C)(CCC(C)(C)CCO)c2cccc(Br)c2)nc1-c1cc(Oc2c(F)cc3c(ccn3S(=O)(=O)c3ccccc3)c2Cc2ccn(C3CCCCO3)n2)ccc1F. The monoisotopic (exact) mass is 926 g/mol. The fourth-order valence-electron chi connectivity index (χ4n) is 8.17. The van der Waals surface area contributed by atoms with Crippen molar-refractivity contribution in [2.24, 2.45) is 12.5 Å². The molecular formula is C47H49BrF2N6O5S. The van der Waals surface area contributed by atoms with Crippen LogP contribution < -0.4 is 4.74 Å². The molecular weight excluding hydrogens is 879 g/mol. The predicted octanol–water partition coefficient (Wildman–Crippen LogP) is 10.5. The van der Waals surface area contributed by atoms with Gasteiger partial charge in [0.15, 0.2) is 23.2 Å². The molecule has 1 N–H and O–H groups in total. The Kier molecular flexibility index (Phi) is 12.3. The topological polar surface area (TPSA) is 126 Å². The van der Waals surface area contributed by atoms with Gasteiger partial charge in [-0.3, -0.25) is 0 Å². The van der Waals surface area contributed by atoms with Crippen LogP contribution in [-0.2, 0) is 33.6 Å². The van der Waals surface area contributed by atoms with Crippen molar-refractivity contribution < 1.29 is 31.8 Å². The van der Waals surface area contributed by atoms with Crippen LogP contribution in [0.2, 0.25) is 0 Å². The Bertz CT molecular complexity index is 2840. The molecule has 1 aliphatic heterocycles. The van der Waals surface area contributed by atoms with Gasteiger partial charge in [0.1, 0.15) is 17.8 Å². The Morgan fingerprint density at radius 3 is 2.45 bits per heavy atom. The smallest absolute Gasteiger partial charge is 0.268 e. The fraction of sp³-hybridized carbons (Fsp3) is 0.340. The summed E-state index contributed by atoms with van der Waals surface area (Å²) < 4.78 is 78.0. The van der Waals surface area contributed by atoms with Crippen LogP contribution >= 0.6 is 15.9 Å². The number of hydrogen-bond acceptors (Lipinski definition) is 8. The standard InChI is InChI=1S/C47H49BrF2N6O5S/c1-46(2,22-25-57)20-21-47(3,31-11-10-12-32(48)27-31)45-51-44(54(4)53-45)38-29-34(16-17-39(38)49)61-43-37(28-33-18-23-55(52-33)42-15-8-9-26-60-42)36-19-24-56(41(36)30-40(43)50)62(58,59)35-13-6-5-7-14-35/h5-7,10-14,16-19,23-24,27,29-30,42,57H,8-9,15,20-22,25-26,28H2,1-4H3. The van der Waals surface area contributed by atoms with Crippen molar-refractivity contribution in [1.82, 2.24) is 28.5 Å². The van der Waals surface area contributed by atoms with Crippen LogP contribution in [0.15, 0.2) is 113 Å². The molecule has 11 nitrogen and oxygen atoms in total. The first-order valence-electron chi connectivity index (χ1n) is 20.7. The molecule has 0 amide bonds. The highest BCUT2D eigenvalue weighted by Crippen LogP contribution is 2.42. The first-order chi connectivity index (χ1) is 29.7. The van der Waals surface area contributed by atoms with E-state index in [4.69, 9.17) is 24.7 Å². The van der Waals surface area contributed by atoms with Crippen LogP contribution in [0.5, 0.6) is 11.5 Å². The number of hydrogen-bond donors (Lipinski definition) is 1. The molecule has 1 aliphatic rings. The Morgan fingerprint density at radius 1 is 0.903 bits per heavy atom. The molecule has 4 heterocycles. The van der Waals surface area contributed by atoms with Crippen molar-refractivity contribution in [3.05, 3.63) is 142 Å². The van der Waals surface area contributed by atoms with E-state index < -0.39 is 27.1 Å². The summed E-state index contributed by atoms with van der Waals surface area (Å²) in [6.45, 7) is 7.02. The summed E-state index contributed by atoms with van der Waals surface area (Å²) in [5.41, 5.74) is 1.30. The molecule has 2 atom stereocenters. The average Bonchev–Trinajstić information content (AvgIpc) is 4.02. The second-order valence-electron chi connectivity index (χ2n) is 16.9. The molecule has 0 bridgehead atoms. The van der Waals surface area contributed by atoms with E-state index in [1.54, 1.807) is 36.0 Å². The van der Waals surface area contributed by atoms with Crippen LogP contribution in [-0.4, -0.2) is 55.3 Å². The van der Waals surface area contributed by atoms with Gasteiger partial charge in [-0.2, -0.15) is 10.2 Å². The van der Waals surface area contributed by atoms with Crippen molar-refractivity contribution in [3.8, 4) is 22.9 Å². The Morgan fingerprint density at radius 2 is 1.71 bits per heavy atom. The van der Waals surface area contributed by atoms with Crippen LogP contribution in [0.1, 0.15) is 88.2 Å². The van der Waals surface area contributed by atoms with E-state index in [1.807, 2.05) is 36.5 Å². The number of aryl methyl sites for hydroxylation is 1. The Balaban J connectivity index is 1.19. The zero-order valence-electron chi connectivity index (χ0n) is 35.1. The lowest BCUT2D eigenvalue weighted by Crippen LogP contribution is -2.28. The van der Waals surface area contributed by atoms with Crippen LogP contribution in [0.3, 0.4) is 0 Å². The number of aromatic nitrogens is 6. The zero-order valence-corrected chi connectivity index (χ0v) is 37.5. The van der Waals surface area contributed by atoms with Crippen molar-refractivity contribution in [2.75, 3.05) is 13.2 Å². The van der Waals surface area contributed by atoms with Gasteiger partial charge in [0.05, 0.1) is 27.1 Å². The third-order valence-corrected chi connectivity index (χ3v) is 14.1. The lowest BCUT2D eigenvalue weighted by Gasteiger charge is -2.32. The second-order valence-corrected chi connectivity index (χ2v) is 19.7. The van der Waals surface area contributed by atoms with Gasteiger partial charge in [0.2, 0.25) is 0 Å². The lowest BCUT2D eigenvalue weighted by molar-refractivity contribution is -0.0396. The molecule has 4 aromatic carbocycles. The van der Waals surface area contributed by atoms with Gasteiger partial charge in [0, 0.05) is 60.6 Å². The average molecular weight is 928 g/mol. The molecule has 0 spiro atoms. The number of ether oxygens (including phenoxy) is 2. The van der Waals surface area contributed by atoms with Gasteiger partial charge in [-0.15, -0.1) is 0 Å². The van der Waals surface area contributed by atoms with E-state index in [1.165, 1.54) is 41.2 Å². The van der Waals surface area contributed by atoms with Crippen molar-refractivity contribution >= 4 is 36.9 Å². The molecule has 1 fully saturated rings. The molecule has 7 aromatic rings. The van der Waals surface area contributed by atoms with E-state index in [0.29, 0.717) is 41.9 Å². The second kappa shape index (κ2) is 17.5. The minimum atomic E-state index is -4.09. The number of halogens is 3. The van der Waals surface area contributed by atoms with Crippen molar-refractivity contribution in [1.29, 1.82) is 0 Å². The van der Waals surface area contributed by atoms with E-state index in [0.717, 1.165) is 45.8 Å². The summed E-state index contributed by atoms with van der Waals surface area (Å²) in [7, 11) is -2.39. The van der Waals surface area contributed by atoms with Crippen LogP contribution in [0.4, 0.5) is 8.78 Å². The summed E-state index contributed by atoms with van der Waals surface area (Å²) in [6.07, 6.45) is 7.94. The first-order valence-corrected chi connectivity index (χ1v) is 22.9. The Hall–Kier alpha value is -5.22. The van der Waals surface area contributed by atoms with Crippen LogP contribution in [0.25, 0.3) is 22.3 Å². The van der Waals surface area contributed by atoms with Crippen molar-refractivity contribution in [2.45, 2.75) is 82.3 Å². The first kappa shape index (κ1) is 43.4. The van der Waals surface area contributed by atoms with E-state index in [9.17, 15) is 13.5 Å². The maximum atomic E-state index is 16.7. The molecule has 3 aromatic heterocycles. The van der Waals surface area contributed by atoms with Gasteiger partial charge in [0.25, 0.3) is 10.0 Å². The van der Waals surface area contributed by atoms with Crippen molar-refractivity contribution in [3.63, 3.8) is 0 Å². The third kappa shape index (κ3) is 8.72. The molecule has 2 unspecified atom stereocenters. The van der Waals surface area contributed by atoms with E-state index in [2.05, 4.69) is 36.7 Å². The quantitative estimate of drug-likeness (QED) is 0.108. The summed E-state index contributed by atoms with van der Waals surface area (Å²) in [6, 6.07) is 24.7. The fourth-order valence-corrected chi connectivity index (χ4v) is 9.92. The van der Waals surface area contributed by atoms with Gasteiger partial charge in [-0.25, -0.2) is 35.5 Å². The molecule has 324 valence electrons. The summed E-state index contributed by atoms with van der Waals surface area (Å²) in [4.78, 5) is 5.03. The molecule has 1 saturated heterocycles. The maximum absolute atomic E-state index is 16.7. The number of aliphatic hydroxyl groups excluding tert-OH is 1. The molecule has 0 aliphatic carbocycles. The summed E-state index contributed by atoms with van der Waals surface area (Å²) in [5.74, 6) is -0.684. The highest BCUT2D eigenvalue weighted by atomic mass is 79.9. The van der Waals surface area contributed by atoms with Gasteiger partial charge >= 0.3 is 0 Å². The van der Waals surface area contributed by atoms with Crippen LogP contribution in [0, 0.1) is 17.0 Å².